The third-order valence-corrected chi connectivity index (χ3v) is 7.73. The Bertz CT molecular complexity index is 1210. The molecule has 33 heavy (non-hydrogen) atoms. The highest BCUT2D eigenvalue weighted by Crippen LogP contribution is 2.36. The molecule has 2 heterocycles. The van der Waals surface area contributed by atoms with Gasteiger partial charge >= 0.3 is 6.18 Å². The van der Waals surface area contributed by atoms with Crippen molar-refractivity contribution in [3.8, 4) is 0 Å². The third-order valence-electron chi connectivity index (χ3n) is 5.84. The quantitative estimate of drug-likeness (QED) is 0.725. The Morgan fingerprint density at radius 3 is 2.39 bits per heavy atom. The zero-order chi connectivity index (χ0) is 24.0. The number of nitrogens with zero attached hydrogens (tertiary/aromatic N) is 2. The van der Waals surface area contributed by atoms with E-state index in [0.717, 1.165) is 25.0 Å². The van der Waals surface area contributed by atoms with Gasteiger partial charge in [-0.3, -0.25) is 14.5 Å². The van der Waals surface area contributed by atoms with E-state index in [1.807, 2.05) is 0 Å². The summed E-state index contributed by atoms with van der Waals surface area (Å²) in [6, 6.07) is 7.58. The van der Waals surface area contributed by atoms with E-state index < -0.39 is 39.6 Å². The molecule has 1 N–H and O–H groups in total. The molecule has 0 saturated carbocycles. The van der Waals surface area contributed by atoms with Crippen molar-refractivity contribution in [1.29, 1.82) is 0 Å². The lowest BCUT2D eigenvalue weighted by atomic mass is 10.1. The van der Waals surface area contributed by atoms with Crippen LogP contribution in [0.3, 0.4) is 0 Å². The standard InChI is InChI=1S/C22H22F3N3O4S/c1-14(29)28-19-8-7-18(33(31,32)27-9-2-3-10-27)11-15(19)12-20(28)21(30)26-17-6-4-5-16(13-17)22(23,24)25/h4-8,11,13,20H,2-3,9-10,12H2,1H3,(H,26,30). The van der Waals surface area contributed by atoms with Gasteiger partial charge in [0.2, 0.25) is 21.8 Å². The van der Waals surface area contributed by atoms with E-state index in [1.54, 1.807) is 0 Å². The van der Waals surface area contributed by atoms with Crippen molar-refractivity contribution < 1.29 is 31.2 Å². The van der Waals surface area contributed by atoms with Crippen molar-refractivity contribution in [2.75, 3.05) is 23.3 Å². The van der Waals surface area contributed by atoms with E-state index in [0.29, 0.717) is 24.3 Å². The predicted octanol–water partition coefficient (Wildman–Crippen LogP) is 3.41. The van der Waals surface area contributed by atoms with Gasteiger partial charge in [0.05, 0.1) is 10.5 Å². The minimum Gasteiger partial charge on any atom is -0.324 e. The van der Waals surface area contributed by atoms with Crippen molar-refractivity contribution in [3.63, 3.8) is 0 Å². The van der Waals surface area contributed by atoms with Gasteiger partial charge in [0.25, 0.3) is 0 Å². The highest BCUT2D eigenvalue weighted by Gasteiger charge is 2.39. The van der Waals surface area contributed by atoms with Crippen LogP contribution in [-0.4, -0.2) is 43.7 Å². The molecule has 0 aliphatic carbocycles. The number of hydrogen-bond acceptors (Lipinski definition) is 4. The Balaban J connectivity index is 1.60. The third kappa shape index (κ3) is 4.47. The van der Waals surface area contributed by atoms with Gasteiger partial charge in [-0.2, -0.15) is 17.5 Å². The number of nitrogens with one attached hydrogen (secondary N) is 1. The lowest BCUT2D eigenvalue weighted by Gasteiger charge is -2.23. The Labute approximate surface area is 189 Å². The lowest BCUT2D eigenvalue weighted by molar-refractivity contribution is -0.137. The fraction of sp³-hybridized carbons (Fsp3) is 0.364. The molecule has 176 valence electrons. The molecule has 4 rings (SSSR count). The Hall–Kier alpha value is -2.92. The van der Waals surface area contributed by atoms with E-state index >= 15 is 0 Å². The fourth-order valence-electron chi connectivity index (χ4n) is 4.26. The molecule has 2 aromatic carbocycles. The lowest BCUT2D eigenvalue weighted by Crippen LogP contribution is -2.44. The molecule has 1 unspecified atom stereocenters. The summed E-state index contributed by atoms with van der Waals surface area (Å²) in [5.74, 6) is -1.10. The molecule has 0 aromatic heterocycles. The van der Waals surface area contributed by atoms with Gasteiger partial charge in [0.15, 0.2) is 0 Å². The van der Waals surface area contributed by atoms with Crippen LogP contribution in [0.15, 0.2) is 47.4 Å². The maximum atomic E-state index is 13.0. The minimum atomic E-state index is -4.56. The van der Waals surface area contributed by atoms with Crippen molar-refractivity contribution in [2.24, 2.45) is 0 Å². The first-order chi connectivity index (χ1) is 15.5. The molecular weight excluding hydrogens is 459 g/mol. The normalized spacial score (nSPS) is 18.9. The van der Waals surface area contributed by atoms with Crippen LogP contribution < -0.4 is 10.2 Å². The van der Waals surface area contributed by atoms with E-state index in [9.17, 15) is 31.2 Å². The van der Waals surface area contributed by atoms with E-state index in [1.165, 1.54) is 46.5 Å². The van der Waals surface area contributed by atoms with E-state index in [-0.39, 0.29) is 17.0 Å². The number of carbonyl (C=O) groups is 2. The number of halogens is 3. The number of amides is 2. The number of carbonyl (C=O) groups excluding carboxylic acids is 2. The zero-order valence-corrected chi connectivity index (χ0v) is 18.5. The summed E-state index contributed by atoms with van der Waals surface area (Å²) >= 11 is 0. The second kappa shape index (κ2) is 8.45. The molecule has 11 heteroatoms. The summed E-state index contributed by atoms with van der Waals surface area (Å²) in [5, 5.41) is 2.45. The van der Waals surface area contributed by atoms with Gasteiger partial charge in [0.1, 0.15) is 6.04 Å². The Morgan fingerprint density at radius 1 is 1.06 bits per heavy atom. The predicted molar refractivity (Wildman–Crippen MR) is 115 cm³/mol. The molecule has 2 aromatic rings. The van der Waals surface area contributed by atoms with Crippen molar-refractivity contribution in [3.05, 3.63) is 53.6 Å². The summed E-state index contributed by atoms with van der Waals surface area (Å²) in [6.45, 7) is 2.16. The highest BCUT2D eigenvalue weighted by molar-refractivity contribution is 7.89. The highest BCUT2D eigenvalue weighted by atomic mass is 32.2. The fourth-order valence-corrected chi connectivity index (χ4v) is 5.83. The maximum Gasteiger partial charge on any atom is 0.416 e. The second-order valence-corrected chi connectivity index (χ2v) is 10.0. The van der Waals surface area contributed by atoms with Crippen LogP contribution in [0.4, 0.5) is 24.5 Å². The molecule has 0 bridgehead atoms. The van der Waals surface area contributed by atoms with Gasteiger partial charge in [-0.05, 0) is 54.8 Å². The second-order valence-electron chi connectivity index (χ2n) is 8.08. The molecule has 1 saturated heterocycles. The zero-order valence-electron chi connectivity index (χ0n) is 17.7. The number of hydrogen-bond donors (Lipinski definition) is 1. The number of alkyl halides is 3. The largest absolute Gasteiger partial charge is 0.416 e. The topological polar surface area (TPSA) is 86.8 Å². The minimum absolute atomic E-state index is 0.0447. The van der Waals surface area contributed by atoms with Crippen LogP contribution in [-0.2, 0) is 32.2 Å². The molecule has 0 radical (unpaired) electrons. The van der Waals surface area contributed by atoms with Crippen LogP contribution in [0.5, 0.6) is 0 Å². The molecule has 2 aliphatic rings. The van der Waals surface area contributed by atoms with Crippen molar-refractivity contribution >= 4 is 33.2 Å². The van der Waals surface area contributed by atoms with Gasteiger partial charge < -0.3 is 5.32 Å². The van der Waals surface area contributed by atoms with Crippen LogP contribution >= 0.6 is 0 Å². The van der Waals surface area contributed by atoms with Gasteiger partial charge in [-0.15, -0.1) is 0 Å². The summed E-state index contributed by atoms with van der Waals surface area (Å²) in [4.78, 5) is 26.6. The number of anilines is 2. The summed E-state index contributed by atoms with van der Waals surface area (Å²) in [5.41, 5.74) is -0.0384. The molecule has 2 aliphatic heterocycles. The first kappa shape index (κ1) is 23.2. The van der Waals surface area contributed by atoms with E-state index in [2.05, 4.69) is 5.32 Å². The summed E-state index contributed by atoms with van der Waals surface area (Å²) in [7, 11) is -3.68. The van der Waals surface area contributed by atoms with Gasteiger partial charge in [0, 0.05) is 37.8 Å². The average molecular weight is 481 g/mol. The summed E-state index contributed by atoms with van der Waals surface area (Å²) < 4.78 is 66.1. The van der Waals surface area contributed by atoms with Crippen molar-refractivity contribution in [1.82, 2.24) is 4.31 Å². The molecule has 0 spiro atoms. The van der Waals surface area contributed by atoms with Gasteiger partial charge in [-0.25, -0.2) is 8.42 Å². The molecule has 2 amide bonds. The summed E-state index contributed by atoms with van der Waals surface area (Å²) in [6.07, 6.45) is -2.93. The molecule has 7 nitrogen and oxygen atoms in total. The molecule has 1 fully saturated rings. The number of sulfonamides is 1. The smallest absolute Gasteiger partial charge is 0.324 e. The number of rotatable bonds is 4. The Kier molecular flexibility index (Phi) is 5.95. The first-order valence-electron chi connectivity index (χ1n) is 10.4. The molecular formula is C22H22F3N3O4S. The van der Waals surface area contributed by atoms with Gasteiger partial charge in [-0.1, -0.05) is 6.07 Å². The molecule has 1 atom stereocenters. The Morgan fingerprint density at radius 2 is 1.76 bits per heavy atom. The maximum absolute atomic E-state index is 13.0. The van der Waals surface area contributed by atoms with Crippen LogP contribution in [0.25, 0.3) is 0 Å². The first-order valence-corrected chi connectivity index (χ1v) is 11.8. The monoisotopic (exact) mass is 481 g/mol. The van der Waals surface area contributed by atoms with Crippen LogP contribution in [0.2, 0.25) is 0 Å². The van der Waals surface area contributed by atoms with E-state index in [4.69, 9.17) is 0 Å². The van der Waals surface area contributed by atoms with Crippen LogP contribution in [0.1, 0.15) is 30.9 Å². The van der Waals surface area contributed by atoms with Crippen molar-refractivity contribution in [2.45, 2.75) is 43.3 Å². The van der Waals surface area contributed by atoms with Crippen LogP contribution in [0, 0.1) is 0 Å². The SMILES string of the molecule is CC(=O)N1c2ccc(S(=O)(=O)N3CCCC3)cc2CC1C(=O)Nc1cccc(C(F)(F)F)c1. The average Bonchev–Trinajstić information content (AvgIpc) is 3.41. The number of fused-ring (bicyclic) bond motifs is 1. The number of benzene rings is 2.